The summed E-state index contributed by atoms with van der Waals surface area (Å²) < 4.78 is 11.0. The number of oxime groups is 1. The number of carbonyl (C=O) groups is 1. The molecule has 0 saturated carbocycles. The van der Waals surface area contributed by atoms with Crippen molar-refractivity contribution in [2.24, 2.45) is 5.16 Å². The van der Waals surface area contributed by atoms with Crippen LogP contribution in [0.3, 0.4) is 0 Å². The molecule has 0 radical (unpaired) electrons. The van der Waals surface area contributed by atoms with Crippen LogP contribution in [-0.2, 0) is 16.2 Å². The van der Waals surface area contributed by atoms with Gasteiger partial charge in [-0.25, -0.2) is 0 Å². The lowest BCUT2D eigenvalue weighted by Gasteiger charge is -2.18. The lowest BCUT2D eigenvalue weighted by molar-refractivity contribution is -0.114. The van der Waals surface area contributed by atoms with E-state index in [9.17, 15) is 4.79 Å². The predicted octanol–water partition coefficient (Wildman–Crippen LogP) is 3.36. The molecule has 0 bridgehead atoms. The minimum absolute atomic E-state index is 0.0964. The first-order valence-electron chi connectivity index (χ1n) is 8.05. The maximum atomic E-state index is 11.0. The number of carbonyl (C=O) groups excluding carboxylic acids is 1. The SMILES string of the molecule is CC(=O)Nc1ccc(/C(C)=N/OCc2ccc3c(c2)OCCO3)cc1. The summed E-state index contributed by atoms with van der Waals surface area (Å²) in [5, 5.41) is 6.88. The highest BCUT2D eigenvalue weighted by atomic mass is 16.6. The van der Waals surface area contributed by atoms with E-state index in [4.69, 9.17) is 14.3 Å². The normalized spacial score (nSPS) is 13.3. The number of hydrogen-bond donors (Lipinski definition) is 1. The first-order valence-corrected chi connectivity index (χ1v) is 8.05. The third-order valence-electron chi connectivity index (χ3n) is 3.66. The van der Waals surface area contributed by atoms with E-state index in [1.165, 1.54) is 6.92 Å². The smallest absolute Gasteiger partial charge is 0.221 e. The average Bonchev–Trinajstić information content (AvgIpc) is 2.61. The van der Waals surface area contributed by atoms with E-state index in [1.807, 2.05) is 49.4 Å². The number of nitrogens with one attached hydrogen (secondary N) is 1. The van der Waals surface area contributed by atoms with Crippen molar-refractivity contribution in [2.75, 3.05) is 18.5 Å². The Hall–Kier alpha value is -3.02. The highest BCUT2D eigenvalue weighted by molar-refractivity contribution is 5.99. The van der Waals surface area contributed by atoms with E-state index in [2.05, 4.69) is 10.5 Å². The summed E-state index contributed by atoms with van der Waals surface area (Å²) >= 11 is 0. The van der Waals surface area contributed by atoms with Crippen LogP contribution in [0.1, 0.15) is 25.0 Å². The van der Waals surface area contributed by atoms with Crippen LogP contribution in [0.15, 0.2) is 47.6 Å². The summed E-state index contributed by atoms with van der Waals surface area (Å²) in [4.78, 5) is 16.5. The zero-order chi connectivity index (χ0) is 17.6. The van der Waals surface area contributed by atoms with Crippen LogP contribution in [0.5, 0.6) is 11.5 Å². The van der Waals surface area contributed by atoms with E-state index < -0.39 is 0 Å². The second-order valence-electron chi connectivity index (χ2n) is 5.69. The molecule has 130 valence electrons. The zero-order valence-corrected chi connectivity index (χ0v) is 14.2. The molecule has 2 aromatic carbocycles. The van der Waals surface area contributed by atoms with Gasteiger partial charge in [-0.1, -0.05) is 23.4 Å². The zero-order valence-electron chi connectivity index (χ0n) is 14.2. The van der Waals surface area contributed by atoms with Crippen LogP contribution in [0.25, 0.3) is 0 Å². The molecule has 0 saturated heterocycles. The molecule has 0 fully saturated rings. The van der Waals surface area contributed by atoms with Gasteiger partial charge in [0.25, 0.3) is 0 Å². The molecule has 0 atom stereocenters. The minimum atomic E-state index is -0.0964. The Labute approximate surface area is 146 Å². The molecule has 25 heavy (non-hydrogen) atoms. The van der Waals surface area contributed by atoms with Gasteiger partial charge in [0.15, 0.2) is 11.5 Å². The fourth-order valence-corrected chi connectivity index (χ4v) is 2.43. The fourth-order valence-electron chi connectivity index (χ4n) is 2.43. The quantitative estimate of drug-likeness (QED) is 0.669. The van der Waals surface area contributed by atoms with Gasteiger partial charge in [-0.15, -0.1) is 0 Å². The van der Waals surface area contributed by atoms with Crippen molar-refractivity contribution in [3.8, 4) is 11.5 Å². The van der Waals surface area contributed by atoms with Gasteiger partial charge in [-0.3, -0.25) is 4.79 Å². The average molecular weight is 340 g/mol. The molecule has 1 amide bonds. The Balaban J connectivity index is 1.59. The van der Waals surface area contributed by atoms with Gasteiger partial charge in [0.1, 0.15) is 19.8 Å². The van der Waals surface area contributed by atoms with Gasteiger partial charge in [-0.05, 0) is 42.3 Å². The number of anilines is 1. The van der Waals surface area contributed by atoms with E-state index in [1.54, 1.807) is 0 Å². The van der Waals surface area contributed by atoms with Gasteiger partial charge in [0, 0.05) is 12.6 Å². The first-order chi connectivity index (χ1) is 12.1. The van der Waals surface area contributed by atoms with E-state index in [0.29, 0.717) is 19.8 Å². The van der Waals surface area contributed by atoms with Crippen LogP contribution in [0, 0.1) is 0 Å². The van der Waals surface area contributed by atoms with Crippen molar-refractivity contribution in [3.05, 3.63) is 53.6 Å². The van der Waals surface area contributed by atoms with Crippen LogP contribution in [0.4, 0.5) is 5.69 Å². The Kier molecular flexibility index (Phi) is 5.18. The van der Waals surface area contributed by atoms with Crippen molar-refractivity contribution in [1.82, 2.24) is 0 Å². The number of ether oxygens (including phenoxy) is 2. The second-order valence-corrected chi connectivity index (χ2v) is 5.69. The van der Waals surface area contributed by atoms with Crippen molar-refractivity contribution in [2.45, 2.75) is 20.5 Å². The molecular weight excluding hydrogens is 320 g/mol. The largest absolute Gasteiger partial charge is 0.486 e. The van der Waals surface area contributed by atoms with Gasteiger partial charge in [0.05, 0.1) is 5.71 Å². The predicted molar refractivity (Wildman–Crippen MR) is 95.2 cm³/mol. The van der Waals surface area contributed by atoms with E-state index in [-0.39, 0.29) is 5.91 Å². The molecule has 3 rings (SSSR count). The molecule has 0 aliphatic carbocycles. The number of fused-ring (bicyclic) bond motifs is 1. The maximum absolute atomic E-state index is 11.0. The van der Waals surface area contributed by atoms with Gasteiger partial charge in [-0.2, -0.15) is 0 Å². The Morgan fingerprint density at radius 2 is 1.80 bits per heavy atom. The molecule has 1 N–H and O–H groups in total. The molecule has 6 nitrogen and oxygen atoms in total. The van der Waals surface area contributed by atoms with Crippen LogP contribution < -0.4 is 14.8 Å². The molecule has 1 aliphatic heterocycles. The lowest BCUT2D eigenvalue weighted by atomic mass is 10.1. The highest BCUT2D eigenvalue weighted by Crippen LogP contribution is 2.30. The number of benzene rings is 2. The molecule has 0 spiro atoms. The number of nitrogens with zero attached hydrogens (tertiary/aromatic N) is 1. The standard InChI is InChI=1S/C19H20N2O4/c1-13(16-4-6-17(7-5-16)20-14(2)22)21-25-12-15-3-8-18-19(11-15)24-10-9-23-18/h3-8,11H,9-10,12H2,1-2H3,(H,20,22)/b21-13+. The number of hydrogen-bond acceptors (Lipinski definition) is 5. The van der Waals surface area contributed by atoms with Crippen molar-refractivity contribution in [1.29, 1.82) is 0 Å². The first kappa shape index (κ1) is 16.8. The van der Waals surface area contributed by atoms with Crippen molar-refractivity contribution >= 4 is 17.3 Å². The number of amides is 1. The summed E-state index contributed by atoms with van der Waals surface area (Å²) in [6.45, 7) is 4.83. The van der Waals surface area contributed by atoms with Crippen LogP contribution in [-0.4, -0.2) is 24.8 Å². The molecule has 6 heteroatoms. The molecule has 2 aromatic rings. The molecule has 0 unspecified atom stereocenters. The van der Waals surface area contributed by atoms with Gasteiger partial charge >= 0.3 is 0 Å². The monoisotopic (exact) mass is 340 g/mol. The Morgan fingerprint density at radius 1 is 1.08 bits per heavy atom. The summed E-state index contributed by atoms with van der Waals surface area (Å²) in [6.07, 6.45) is 0. The third kappa shape index (κ3) is 4.50. The number of rotatable bonds is 5. The lowest BCUT2D eigenvalue weighted by Crippen LogP contribution is -2.15. The molecule has 1 heterocycles. The second kappa shape index (κ2) is 7.70. The fraction of sp³-hybridized carbons (Fsp3) is 0.263. The third-order valence-corrected chi connectivity index (χ3v) is 3.66. The molecule has 0 aromatic heterocycles. The van der Waals surface area contributed by atoms with E-state index >= 15 is 0 Å². The summed E-state index contributed by atoms with van der Waals surface area (Å²) in [5.41, 5.74) is 3.39. The van der Waals surface area contributed by atoms with Crippen molar-refractivity contribution < 1.29 is 19.1 Å². The summed E-state index contributed by atoms with van der Waals surface area (Å²) in [5.74, 6) is 1.40. The highest BCUT2D eigenvalue weighted by Gasteiger charge is 2.11. The maximum Gasteiger partial charge on any atom is 0.221 e. The van der Waals surface area contributed by atoms with E-state index in [0.717, 1.165) is 34.0 Å². The van der Waals surface area contributed by atoms with Gasteiger partial charge < -0.3 is 19.6 Å². The summed E-state index contributed by atoms with van der Waals surface area (Å²) in [7, 11) is 0. The Bertz CT molecular complexity index is 785. The van der Waals surface area contributed by atoms with Crippen molar-refractivity contribution in [3.63, 3.8) is 0 Å². The topological polar surface area (TPSA) is 69.2 Å². The summed E-state index contributed by atoms with van der Waals surface area (Å²) in [6, 6.07) is 13.1. The van der Waals surface area contributed by atoms with Crippen LogP contribution in [0.2, 0.25) is 0 Å². The molecule has 1 aliphatic rings. The molecular formula is C19H20N2O4. The van der Waals surface area contributed by atoms with Crippen LogP contribution >= 0.6 is 0 Å². The minimum Gasteiger partial charge on any atom is -0.486 e. The Morgan fingerprint density at radius 3 is 2.52 bits per heavy atom. The van der Waals surface area contributed by atoms with Gasteiger partial charge in [0.2, 0.25) is 5.91 Å².